The predicted octanol–water partition coefficient (Wildman–Crippen LogP) is 5.90. The maximum absolute atomic E-state index is 13.4. The van der Waals surface area contributed by atoms with Crippen molar-refractivity contribution >= 4 is 29.2 Å². The van der Waals surface area contributed by atoms with Crippen molar-refractivity contribution < 1.29 is 23.1 Å². The van der Waals surface area contributed by atoms with Gasteiger partial charge in [-0.2, -0.15) is 13.2 Å². The van der Waals surface area contributed by atoms with E-state index in [2.05, 4.69) is 0 Å². The van der Waals surface area contributed by atoms with Crippen LogP contribution in [-0.4, -0.2) is 29.1 Å². The van der Waals surface area contributed by atoms with Crippen molar-refractivity contribution in [2.24, 2.45) is 5.92 Å². The number of hydrogen-bond donors (Lipinski definition) is 1. The standard InChI is InChI=1S/C20H18Cl2F3NO2/c21-15-5-1-3-12(9-15)18(26-8-2-4-14(11-26)19(27)28)13-6-7-17(22)16(10-13)20(23,24)25/h1,3,5-7,9-10,14,18H,2,4,8,11H2,(H,27,28). The summed E-state index contributed by atoms with van der Waals surface area (Å²) in [5, 5.41) is 9.48. The molecule has 8 heteroatoms. The van der Waals surface area contributed by atoms with Crippen LogP contribution in [0.5, 0.6) is 0 Å². The van der Waals surface area contributed by atoms with Gasteiger partial charge in [-0.15, -0.1) is 0 Å². The van der Waals surface area contributed by atoms with Crippen LogP contribution in [0.15, 0.2) is 42.5 Å². The monoisotopic (exact) mass is 431 g/mol. The third-order valence-electron chi connectivity index (χ3n) is 4.94. The zero-order chi connectivity index (χ0) is 20.5. The molecule has 3 rings (SSSR count). The van der Waals surface area contributed by atoms with Crippen molar-refractivity contribution in [3.05, 3.63) is 69.2 Å². The Morgan fingerprint density at radius 3 is 2.50 bits per heavy atom. The Kier molecular flexibility index (Phi) is 6.22. The third-order valence-corrected chi connectivity index (χ3v) is 5.51. The first-order chi connectivity index (χ1) is 13.2. The third kappa shape index (κ3) is 4.62. The number of carbonyl (C=O) groups is 1. The second-order valence-electron chi connectivity index (χ2n) is 6.87. The fraction of sp³-hybridized carbons (Fsp3) is 0.350. The molecule has 2 unspecified atom stereocenters. The van der Waals surface area contributed by atoms with Crippen molar-refractivity contribution in [2.45, 2.75) is 25.1 Å². The summed E-state index contributed by atoms with van der Waals surface area (Å²) < 4.78 is 40.1. The van der Waals surface area contributed by atoms with Gasteiger partial charge in [-0.05, 0) is 54.8 Å². The van der Waals surface area contributed by atoms with E-state index in [1.165, 1.54) is 6.07 Å². The van der Waals surface area contributed by atoms with Crippen LogP contribution in [0.1, 0.15) is 35.6 Å². The van der Waals surface area contributed by atoms with E-state index in [0.717, 1.165) is 6.07 Å². The number of hydrogen-bond acceptors (Lipinski definition) is 2. The number of likely N-dealkylation sites (tertiary alicyclic amines) is 1. The zero-order valence-corrected chi connectivity index (χ0v) is 16.2. The molecule has 0 saturated carbocycles. The number of carboxylic acids is 1. The minimum absolute atomic E-state index is 0.247. The summed E-state index contributed by atoms with van der Waals surface area (Å²) in [5.74, 6) is -1.47. The van der Waals surface area contributed by atoms with Gasteiger partial charge in [-0.3, -0.25) is 9.69 Å². The number of carboxylic acid groups (broad SMARTS) is 1. The van der Waals surface area contributed by atoms with Gasteiger partial charge in [0.15, 0.2) is 0 Å². The van der Waals surface area contributed by atoms with Gasteiger partial charge in [0, 0.05) is 11.6 Å². The van der Waals surface area contributed by atoms with E-state index < -0.39 is 29.7 Å². The second kappa shape index (κ2) is 8.31. The number of rotatable bonds is 4. The molecule has 0 spiro atoms. The van der Waals surface area contributed by atoms with Crippen molar-refractivity contribution in [2.75, 3.05) is 13.1 Å². The Labute approximate surface area is 170 Å². The molecule has 0 amide bonds. The summed E-state index contributed by atoms with van der Waals surface area (Å²) in [7, 11) is 0. The fourth-order valence-corrected chi connectivity index (χ4v) is 4.09. The average molecular weight is 432 g/mol. The summed E-state index contributed by atoms with van der Waals surface area (Å²) in [6.07, 6.45) is -3.40. The number of alkyl halides is 3. The van der Waals surface area contributed by atoms with Gasteiger partial charge in [-0.25, -0.2) is 0 Å². The maximum Gasteiger partial charge on any atom is 0.417 e. The van der Waals surface area contributed by atoms with Crippen molar-refractivity contribution in [3.63, 3.8) is 0 Å². The molecule has 2 atom stereocenters. The highest BCUT2D eigenvalue weighted by Gasteiger charge is 2.36. The molecular formula is C20H18Cl2F3NO2. The molecule has 0 aromatic heterocycles. The van der Waals surface area contributed by atoms with Gasteiger partial charge in [0.1, 0.15) is 0 Å². The molecule has 0 aliphatic carbocycles. The molecule has 2 aromatic carbocycles. The summed E-state index contributed by atoms with van der Waals surface area (Å²) in [5.41, 5.74) is 0.185. The topological polar surface area (TPSA) is 40.5 Å². The number of halogens is 5. The van der Waals surface area contributed by atoms with E-state index in [1.54, 1.807) is 30.3 Å². The lowest BCUT2D eigenvalue weighted by molar-refractivity contribution is -0.143. The summed E-state index contributed by atoms with van der Waals surface area (Å²) >= 11 is 11.9. The molecule has 2 aromatic rings. The van der Waals surface area contributed by atoms with Gasteiger partial charge in [-0.1, -0.05) is 41.4 Å². The lowest BCUT2D eigenvalue weighted by Crippen LogP contribution is -2.41. The van der Waals surface area contributed by atoms with Crippen molar-refractivity contribution in [1.82, 2.24) is 4.90 Å². The highest BCUT2D eigenvalue weighted by atomic mass is 35.5. The quantitative estimate of drug-likeness (QED) is 0.654. The molecular weight excluding hydrogens is 414 g/mol. The number of benzene rings is 2. The Hall–Kier alpha value is -1.76. The SMILES string of the molecule is O=C(O)C1CCCN(C(c2cccc(Cl)c2)c2ccc(Cl)c(C(F)(F)F)c2)C1. The Bertz CT molecular complexity index is 873. The highest BCUT2D eigenvalue weighted by molar-refractivity contribution is 6.31. The van der Waals surface area contributed by atoms with Crippen LogP contribution in [0.4, 0.5) is 13.2 Å². The summed E-state index contributed by atoms with van der Waals surface area (Å²) in [4.78, 5) is 13.4. The molecule has 1 N–H and O–H groups in total. The van der Waals surface area contributed by atoms with E-state index in [1.807, 2.05) is 4.90 Å². The Morgan fingerprint density at radius 1 is 1.14 bits per heavy atom. The first-order valence-corrected chi connectivity index (χ1v) is 9.51. The van der Waals surface area contributed by atoms with Crippen LogP contribution < -0.4 is 0 Å². The average Bonchev–Trinajstić information content (AvgIpc) is 2.63. The molecule has 1 saturated heterocycles. The lowest BCUT2D eigenvalue weighted by atomic mass is 9.91. The van der Waals surface area contributed by atoms with Crippen LogP contribution in [0.3, 0.4) is 0 Å². The maximum atomic E-state index is 13.4. The predicted molar refractivity (Wildman–Crippen MR) is 102 cm³/mol. The summed E-state index contributed by atoms with van der Waals surface area (Å²) in [6, 6.07) is 10.1. The normalized spacial score (nSPS) is 19.4. The molecule has 0 radical (unpaired) electrons. The van der Waals surface area contributed by atoms with E-state index in [9.17, 15) is 23.1 Å². The van der Waals surface area contributed by atoms with E-state index in [-0.39, 0.29) is 11.6 Å². The highest BCUT2D eigenvalue weighted by Crippen LogP contribution is 2.39. The van der Waals surface area contributed by atoms with Gasteiger partial charge < -0.3 is 5.11 Å². The first kappa shape index (κ1) is 21.0. The van der Waals surface area contributed by atoms with Crippen molar-refractivity contribution in [1.29, 1.82) is 0 Å². The smallest absolute Gasteiger partial charge is 0.417 e. The van der Waals surface area contributed by atoms with Crippen LogP contribution in [0, 0.1) is 5.92 Å². The molecule has 0 bridgehead atoms. The Balaban J connectivity index is 2.08. The van der Waals surface area contributed by atoms with Gasteiger partial charge in [0.05, 0.1) is 22.5 Å². The molecule has 1 fully saturated rings. The minimum Gasteiger partial charge on any atom is -0.481 e. The zero-order valence-electron chi connectivity index (χ0n) is 14.7. The van der Waals surface area contributed by atoms with Gasteiger partial charge >= 0.3 is 12.1 Å². The largest absolute Gasteiger partial charge is 0.481 e. The van der Waals surface area contributed by atoms with Crippen LogP contribution >= 0.6 is 23.2 Å². The number of aliphatic carboxylic acids is 1. The van der Waals surface area contributed by atoms with E-state index in [0.29, 0.717) is 35.5 Å². The second-order valence-corrected chi connectivity index (χ2v) is 7.71. The number of piperidine rings is 1. The number of nitrogens with zero attached hydrogens (tertiary/aromatic N) is 1. The van der Waals surface area contributed by atoms with Gasteiger partial charge in [0.25, 0.3) is 0 Å². The summed E-state index contributed by atoms with van der Waals surface area (Å²) in [6.45, 7) is 0.821. The molecule has 1 aliphatic rings. The van der Waals surface area contributed by atoms with E-state index in [4.69, 9.17) is 23.2 Å². The molecule has 150 valence electrons. The molecule has 3 nitrogen and oxygen atoms in total. The van der Waals surface area contributed by atoms with Gasteiger partial charge in [0.2, 0.25) is 0 Å². The van der Waals surface area contributed by atoms with Crippen LogP contribution in [-0.2, 0) is 11.0 Å². The van der Waals surface area contributed by atoms with Crippen LogP contribution in [0.25, 0.3) is 0 Å². The Morgan fingerprint density at radius 2 is 1.86 bits per heavy atom. The first-order valence-electron chi connectivity index (χ1n) is 8.76. The lowest BCUT2D eigenvalue weighted by Gasteiger charge is -2.38. The fourth-order valence-electron chi connectivity index (χ4n) is 3.66. The van der Waals surface area contributed by atoms with E-state index >= 15 is 0 Å². The van der Waals surface area contributed by atoms with Crippen molar-refractivity contribution in [3.8, 4) is 0 Å². The molecule has 1 heterocycles. The van der Waals surface area contributed by atoms with Crippen LogP contribution in [0.2, 0.25) is 10.0 Å². The molecule has 28 heavy (non-hydrogen) atoms. The molecule has 1 aliphatic heterocycles. The minimum atomic E-state index is -4.59.